The summed E-state index contributed by atoms with van der Waals surface area (Å²) in [6.45, 7) is 1.30. The summed E-state index contributed by atoms with van der Waals surface area (Å²) in [5, 5.41) is 18.3. The molecule has 1 rings (SSSR count). The van der Waals surface area contributed by atoms with Crippen molar-refractivity contribution in [3.05, 3.63) is 0 Å². The molecular formula is C12H22N2O6. The van der Waals surface area contributed by atoms with Gasteiger partial charge < -0.3 is 29.5 Å². The SMILES string of the molecule is COCC(O)CN(C)C(=O)N1CCOC(CC(=O)O)C1. The van der Waals surface area contributed by atoms with Crippen molar-refractivity contribution in [3.63, 3.8) is 0 Å². The summed E-state index contributed by atoms with van der Waals surface area (Å²) in [7, 11) is 3.06. The number of carboxylic acids is 1. The van der Waals surface area contributed by atoms with Gasteiger partial charge >= 0.3 is 12.0 Å². The van der Waals surface area contributed by atoms with E-state index in [2.05, 4.69) is 0 Å². The number of amides is 2. The Balaban J connectivity index is 2.47. The van der Waals surface area contributed by atoms with Crippen LogP contribution >= 0.6 is 0 Å². The molecule has 2 unspecified atom stereocenters. The van der Waals surface area contributed by atoms with Crippen LogP contribution in [0.2, 0.25) is 0 Å². The minimum atomic E-state index is -0.951. The molecule has 116 valence electrons. The summed E-state index contributed by atoms with van der Waals surface area (Å²) in [4.78, 5) is 25.8. The number of aliphatic carboxylic acids is 1. The molecule has 2 atom stereocenters. The van der Waals surface area contributed by atoms with Gasteiger partial charge in [-0.1, -0.05) is 0 Å². The molecule has 0 radical (unpaired) electrons. The molecule has 8 heteroatoms. The molecule has 0 spiro atoms. The van der Waals surface area contributed by atoms with Crippen LogP contribution in [0.25, 0.3) is 0 Å². The van der Waals surface area contributed by atoms with Crippen molar-refractivity contribution in [2.75, 3.05) is 47.0 Å². The summed E-state index contributed by atoms with van der Waals surface area (Å²) < 4.78 is 10.1. The Morgan fingerprint density at radius 1 is 1.55 bits per heavy atom. The highest BCUT2D eigenvalue weighted by molar-refractivity contribution is 5.74. The van der Waals surface area contributed by atoms with Gasteiger partial charge in [-0.2, -0.15) is 0 Å². The lowest BCUT2D eigenvalue weighted by molar-refractivity contribution is -0.141. The highest BCUT2D eigenvalue weighted by Gasteiger charge is 2.28. The zero-order valence-corrected chi connectivity index (χ0v) is 11.8. The maximum absolute atomic E-state index is 12.2. The molecule has 2 amide bonds. The van der Waals surface area contributed by atoms with Gasteiger partial charge in [0.05, 0.1) is 38.4 Å². The molecule has 1 heterocycles. The summed E-state index contributed by atoms with van der Waals surface area (Å²) in [6, 6.07) is -0.251. The molecule has 1 aliphatic heterocycles. The topological polar surface area (TPSA) is 99.5 Å². The van der Waals surface area contributed by atoms with E-state index in [1.54, 1.807) is 7.05 Å². The molecule has 2 N–H and O–H groups in total. The van der Waals surface area contributed by atoms with Gasteiger partial charge in [-0.15, -0.1) is 0 Å². The minimum absolute atomic E-state index is 0.125. The third-order valence-electron chi connectivity index (χ3n) is 2.98. The number of morpholine rings is 1. The highest BCUT2D eigenvalue weighted by Crippen LogP contribution is 2.11. The van der Waals surface area contributed by atoms with E-state index >= 15 is 0 Å². The molecule has 1 aliphatic rings. The van der Waals surface area contributed by atoms with Crippen molar-refractivity contribution < 1.29 is 29.3 Å². The van der Waals surface area contributed by atoms with E-state index in [1.807, 2.05) is 0 Å². The number of rotatable bonds is 6. The number of ether oxygens (including phenoxy) is 2. The van der Waals surface area contributed by atoms with Gasteiger partial charge in [0.1, 0.15) is 0 Å². The third-order valence-corrected chi connectivity index (χ3v) is 2.98. The van der Waals surface area contributed by atoms with Crippen LogP contribution in [0.3, 0.4) is 0 Å². The fourth-order valence-corrected chi connectivity index (χ4v) is 2.09. The van der Waals surface area contributed by atoms with Crippen molar-refractivity contribution in [2.24, 2.45) is 0 Å². The molecule has 20 heavy (non-hydrogen) atoms. The van der Waals surface area contributed by atoms with E-state index in [4.69, 9.17) is 14.6 Å². The zero-order chi connectivity index (χ0) is 15.1. The van der Waals surface area contributed by atoms with E-state index in [1.165, 1.54) is 16.9 Å². The van der Waals surface area contributed by atoms with E-state index in [-0.39, 0.29) is 32.1 Å². The normalized spacial score (nSPS) is 20.6. The number of aliphatic hydroxyl groups excluding tert-OH is 1. The number of methoxy groups -OCH3 is 1. The van der Waals surface area contributed by atoms with Gasteiger partial charge in [-0.05, 0) is 0 Å². The summed E-state index contributed by atoms with van der Waals surface area (Å²) >= 11 is 0. The molecule has 0 aromatic rings. The van der Waals surface area contributed by atoms with Gasteiger partial charge in [0.2, 0.25) is 0 Å². The second-order valence-electron chi connectivity index (χ2n) is 4.81. The molecule has 8 nitrogen and oxygen atoms in total. The quantitative estimate of drug-likeness (QED) is 0.666. The predicted molar refractivity (Wildman–Crippen MR) is 69.5 cm³/mol. The van der Waals surface area contributed by atoms with Crippen LogP contribution in [-0.4, -0.2) is 91.2 Å². The number of urea groups is 1. The monoisotopic (exact) mass is 290 g/mol. The smallest absolute Gasteiger partial charge is 0.320 e. The fourth-order valence-electron chi connectivity index (χ4n) is 2.09. The summed E-state index contributed by atoms with van der Waals surface area (Å²) in [6.07, 6.45) is -1.35. The van der Waals surface area contributed by atoms with Gasteiger partial charge in [0.25, 0.3) is 0 Å². The summed E-state index contributed by atoms with van der Waals surface area (Å²) in [5.74, 6) is -0.951. The summed E-state index contributed by atoms with van der Waals surface area (Å²) in [5.41, 5.74) is 0. The van der Waals surface area contributed by atoms with E-state index < -0.39 is 18.2 Å². The number of hydrogen-bond donors (Lipinski definition) is 2. The Morgan fingerprint density at radius 2 is 2.25 bits per heavy atom. The fraction of sp³-hybridized carbons (Fsp3) is 0.833. The number of carboxylic acid groups (broad SMARTS) is 1. The number of carbonyl (C=O) groups is 2. The van der Waals surface area contributed by atoms with Gasteiger partial charge in [0.15, 0.2) is 0 Å². The minimum Gasteiger partial charge on any atom is -0.481 e. The average molecular weight is 290 g/mol. The number of likely N-dealkylation sites (N-methyl/N-ethyl adjacent to an activating group) is 1. The number of carbonyl (C=O) groups excluding carboxylic acids is 1. The second-order valence-corrected chi connectivity index (χ2v) is 4.81. The molecule has 0 saturated carbocycles. The lowest BCUT2D eigenvalue weighted by atomic mass is 10.2. The number of hydrogen-bond acceptors (Lipinski definition) is 5. The lowest BCUT2D eigenvalue weighted by Crippen LogP contribution is -2.51. The van der Waals surface area contributed by atoms with Crippen LogP contribution in [-0.2, 0) is 14.3 Å². The Bertz CT molecular complexity index is 338. The maximum Gasteiger partial charge on any atom is 0.320 e. The predicted octanol–water partition coefficient (Wildman–Crippen LogP) is -0.779. The molecule has 0 bridgehead atoms. The van der Waals surface area contributed by atoms with Gasteiger partial charge in [-0.25, -0.2) is 4.79 Å². The van der Waals surface area contributed by atoms with Crippen LogP contribution in [0, 0.1) is 0 Å². The lowest BCUT2D eigenvalue weighted by Gasteiger charge is -2.35. The van der Waals surface area contributed by atoms with Crippen LogP contribution in [0.1, 0.15) is 6.42 Å². The molecule has 1 fully saturated rings. The maximum atomic E-state index is 12.2. The van der Waals surface area contributed by atoms with Gasteiger partial charge in [-0.3, -0.25) is 4.79 Å². The first kappa shape index (κ1) is 16.7. The van der Waals surface area contributed by atoms with Crippen LogP contribution < -0.4 is 0 Å². The highest BCUT2D eigenvalue weighted by atomic mass is 16.5. The van der Waals surface area contributed by atoms with E-state index in [9.17, 15) is 14.7 Å². The molecule has 0 aromatic carbocycles. The van der Waals surface area contributed by atoms with E-state index in [0.717, 1.165) is 0 Å². The van der Waals surface area contributed by atoms with Crippen molar-refractivity contribution in [1.82, 2.24) is 9.80 Å². The van der Waals surface area contributed by atoms with Crippen LogP contribution in [0.5, 0.6) is 0 Å². The molecule has 1 saturated heterocycles. The Hall–Kier alpha value is -1.38. The zero-order valence-electron chi connectivity index (χ0n) is 11.8. The van der Waals surface area contributed by atoms with E-state index in [0.29, 0.717) is 13.2 Å². The molecule has 0 aliphatic carbocycles. The Morgan fingerprint density at radius 3 is 2.85 bits per heavy atom. The van der Waals surface area contributed by atoms with Crippen molar-refractivity contribution in [3.8, 4) is 0 Å². The standard InChI is InChI=1S/C12H22N2O6/c1-13(6-9(15)8-19-2)12(18)14-3-4-20-10(7-14)5-11(16)17/h9-10,15H,3-8H2,1-2H3,(H,16,17). The molecular weight excluding hydrogens is 268 g/mol. The van der Waals surface area contributed by atoms with Crippen molar-refractivity contribution in [2.45, 2.75) is 18.6 Å². The Kier molecular flexibility index (Phi) is 6.69. The average Bonchev–Trinajstić information content (AvgIpc) is 2.37. The third kappa shape index (κ3) is 5.32. The first-order chi connectivity index (χ1) is 9.43. The largest absolute Gasteiger partial charge is 0.481 e. The molecule has 0 aromatic heterocycles. The first-order valence-corrected chi connectivity index (χ1v) is 6.44. The van der Waals surface area contributed by atoms with Crippen molar-refractivity contribution in [1.29, 1.82) is 0 Å². The van der Waals surface area contributed by atoms with Crippen molar-refractivity contribution >= 4 is 12.0 Å². The number of aliphatic hydroxyl groups is 1. The first-order valence-electron chi connectivity index (χ1n) is 6.44. The van der Waals surface area contributed by atoms with Gasteiger partial charge in [0, 0.05) is 27.2 Å². The second kappa shape index (κ2) is 8.03. The van der Waals surface area contributed by atoms with Crippen LogP contribution in [0.4, 0.5) is 4.79 Å². The van der Waals surface area contributed by atoms with Crippen LogP contribution in [0.15, 0.2) is 0 Å². The Labute approximate surface area is 117 Å². The number of nitrogens with zero attached hydrogens (tertiary/aromatic N) is 2.